The molecular weight excluding hydrogens is 138 g/mol. The number of carbonyl (C=O) groups is 1. The van der Waals surface area contributed by atoms with Crippen LogP contribution < -0.4 is 5.32 Å². The van der Waals surface area contributed by atoms with E-state index < -0.39 is 0 Å². The fraction of sp³-hybridized carbons (Fsp3) is 0.889. The first-order valence-corrected chi connectivity index (χ1v) is 4.51. The fourth-order valence-corrected chi connectivity index (χ4v) is 1.76. The van der Waals surface area contributed by atoms with Gasteiger partial charge in [-0.3, -0.25) is 4.79 Å². The van der Waals surface area contributed by atoms with Crippen LogP contribution in [-0.2, 0) is 4.79 Å². The van der Waals surface area contributed by atoms with E-state index in [2.05, 4.69) is 12.2 Å². The van der Waals surface area contributed by atoms with Gasteiger partial charge in [0.1, 0.15) is 0 Å². The van der Waals surface area contributed by atoms with Crippen LogP contribution in [0, 0.1) is 11.8 Å². The van der Waals surface area contributed by atoms with Crippen molar-refractivity contribution in [1.82, 2.24) is 5.32 Å². The molecule has 2 heteroatoms. The quantitative estimate of drug-likeness (QED) is 0.644. The Morgan fingerprint density at radius 1 is 1.55 bits per heavy atom. The Balaban J connectivity index is 2.31. The lowest BCUT2D eigenvalue weighted by molar-refractivity contribution is -0.124. The van der Waals surface area contributed by atoms with Gasteiger partial charge >= 0.3 is 0 Å². The second-order valence-corrected chi connectivity index (χ2v) is 3.51. The zero-order chi connectivity index (χ0) is 8.27. The monoisotopic (exact) mass is 155 g/mol. The average molecular weight is 155 g/mol. The number of rotatable bonds is 2. The molecule has 1 rings (SSSR count). The standard InChI is InChI=1S/C9H17NO/c1-3-10-9(11)8-5-4-7(2)6-8/h7-8H,3-6H2,1-2H3,(H,10,11)/t7-,8?/m0/s1. The third-order valence-corrected chi connectivity index (χ3v) is 2.42. The lowest BCUT2D eigenvalue weighted by atomic mass is 10.1. The summed E-state index contributed by atoms with van der Waals surface area (Å²) in [5, 5.41) is 2.87. The van der Waals surface area contributed by atoms with E-state index in [1.165, 1.54) is 6.42 Å². The molecule has 0 radical (unpaired) electrons. The Labute approximate surface area is 68.4 Å². The number of nitrogens with one attached hydrogen (secondary N) is 1. The largest absolute Gasteiger partial charge is 0.356 e. The van der Waals surface area contributed by atoms with Gasteiger partial charge in [-0.25, -0.2) is 0 Å². The van der Waals surface area contributed by atoms with Gasteiger partial charge < -0.3 is 5.32 Å². The first-order valence-electron chi connectivity index (χ1n) is 4.51. The minimum Gasteiger partial charge on any atom is -0.356 e. The number of hydrogen-bond donors (Lipinski definition) is 1. The molecule has 1 amide bonds. The molecular formula is C9H17NO. The molecule has 1 fully saturated rings. The van der Waals surface area contributed by atoms with E-state index >= 15 is 0 Å². The molecule has 1 N–H and O–H groups in total. The van der Waals surface area contributed by atoms with Gasteiger partial charge in [-0.15, -0.1) is 0 Å². The van der Waals surface area contributed by atoms with Crippen molar-refractivity contribution < 1.29 is 4.79 Å². The van der Waals surface area contributed by atoms with Crippen molar-refractivity contribution in [1.29, 1.82) is 0 Å². The Hall–Kier alpha value is -0.530. The van der Waals surface area contributed by atoms with Crippen LogP contribution >= 0.6 is 0 Å². The molecule has 1 aliphatic carbocycles. The van der Waals surface area contributed by atoms with Crippen LogP contribution in [0.3, 0.4) is 0 Å². The van der Waals surface area contributed by atoms with Crippen LogP contribution in [0.4, 0.5) is 0 Å². The van der Waals surface area contributed by atoms with Crippen molar-refractivity contribution in [3.8, 4) is 0 Å². The first kappa shape index (κ1) is 8.57. The van der Waals surface area contributed by atoms with Crippen LogP contribution in [0.2, 0.25) is 0 Å². The fourth-order valence-electron chi connectivity index (χ4n) is 1.76. The molecule has 0 aliphatic heterocycles. The van der Waals surface area contributed by atoms with E-state index in [9.17, 15) is 4.79 Å². The van der Waals surface area contributed by atoms with Crippen LogP contribution in [0.5, 0.6) is 0 Å². The third kappa shape index (κ3) is 2.21. The summed E-state index contributed by atoms with van der Waals surface area (Å²) in [5.41, 5.74) is 0. The molecule has 0 heterocycles. The van der Waals surface area contributed by atoms with Gasteiger partial charge in [0, 0.05) is 12.5 Å². The summed E-state index contributed by atoms with van der Waals surface area (Å²) in [4.78, 5) is 11.3. The zero-order valence-corrected chi connectivity index (χ0v) is 7.39. The van der Waals surface area contributed by atoms with Gasteiger partial charge in [-0.05, 0) is 32.1 Å². The van der Waals surface area contributed by atoms with Crippen molar-refractivity contribution in [2.75, 3.05) is 6.54 Å². The molecule has 0 aromatic carbocycles. The van der Waals surface area contributed by atoms with Gasteiger partial charge in [0.25, 0.3) is 0 Å². The van der Waals surface area contributed by atoms with Gasteiger partial charge in [0.15, 0.2) is 0 Å². The van der Waals surface area contributed by atoms with Crippen molar-refractivity contribution >= 4 is 5.91 Å². The predicted molar refractivity (Wildman–Crippen MR) is 45.2 cm³/mol. The molecule has 1 saturated carbocycles. The van der Waals surface area contributed by atoms with Crippen molar-refractivity contribution in [2.45, 2.75) is 33.1 Å². The van der Waals surface area contributed by atoms with E-state index in [1.807, 2.05) is 6.92 Å². The summed E-state index contributed by atoms with van der Waals surface area (Å²) in [7, 11) is 0. The van der Waals surface area contributed by atoms with Crippen LogP contribution in [0.25, 0.3) is 0 Å². The zero-order valence-electron chi connectivity index (χ0n) is 7.39. The van der Waals surface area contributed by atoms with Crippen LogP contribution in [-0.4, -0.2) is 12.5 Å². The first-order chi connectivity index (χ1) is 5.24. The van der Waals surface area contributed by atoms with Crippen molar-refractivity contribution in [3.05, 3.63) is 0 Å². The lowest BCUT2D eigenvalue weighted by Gasteiger charge is -2.08. The molecule has 11 heavy (non-hydrogen) atoms. The highest BCUT2D eigenvalue weighted by molar-refractivity contribution is 5.78. The lowest BCUT2D eigenvalue weighted by Crippen LogP contribution is -2.28. The van der Waals surface area contributed by atoms with E-state index in [0.717, 1.165) is 25.3 Å². The number of carbonyl (C=O) groups excluding carboxylic acids is 1. The van der Waals surface area contributed by atoms with Crippen LogP contribution in [0.1, 0.15) is 33.1 Å². The molecule has 1 unspecified atom stereocenters. The molecule has 0 spiro atoms. The summed E-state index contributed by atoms with van der Waals surface area (Å²) in [6, 6.07) is 0. The van der Waals surface area contributed by atoms with Gasteiger partial charge in [-0.2, -0.15) is 0 Å². The predicted octanol–water partition coefficient (Wildman–Crippen LogP) is 1.56. The second kappa shape index (κ2) is 3.74. The van der Waals surface area contributed by atoms with Gasteiger partial charge in [-0.1, -0.05) is 6.92 Å². The van der Waals surface area contributed by atoms with E-state index in [1.54, 1.807) is 0 Å². The molecule has 0 aromatic heterocycles. The summed E-state index contributed by atoms with van der Waals surface area (Å²) in [6.45, 7) is 4.96. The summed E-state index contributed by atoms with van der Waals surface area (Å²) < 4.78 is 0. The average Bonchev–Trinajstić information content (AvgIpc) is 2.36. The highest BCUT2D eigenvalue weighted by Crippen LogP contribution is 2.30. The van der Waals surface area contributed by atoms with E-state index in [0.29, 0.717) is 5.92 Å². The summed E-state index contributed by atoms with van der Waals surface area (Å²) in [5.74, 6) is 1.32. The second-order valence-electron chi connectivity index (χ2n) is 3.51. The topological polar surface area (TPSA) is 29.1 Å². The highest BCUT2D eigenvalue weighted by Gasteiger charge is 2.26. The van der Waals surface area contributed by atoms with E-state index in [-0.39, 0.29) is 5.91 Å². The highest BCUT2D eigenvalue weighted by atomic mass is 16.1. The Kier molecular flexibility index (Phi) is 2.92. The maximum atomic E-state index is 11.3. The third-order valence-electron chi connectivity index (χ3n) is 2.42. The minimum atomic E-state index is 0.261. The smallest absolute Gasteiger partial charge is 0.223 e. The van der Waals surface area contributed by atoms with Crippen LogP contribution in [0.15, 0.2) is 0 Å². The maximum Gasteiger partial charge on any atom is 0.223 e. The number of amides is 1. The molecule has 2 atom stereocenters. The Morgan fingerprint density at radius 3 is 2.73 bits per heavy atom. The van der Waals surface area contributed by atoms with Gasteiger partial charge in [0.2, 0.25) is 5.91 Å². The SMILES string of the molecule is CCNC(=O)C1CC[C@H](C)C1. The van der Waals surface area contributed by atoms with Crippen molar-refractivity contribution in [3.63, 3.8) is 0 Å². The normalized spacial score (nSPS) is 30.4. The van der Waals surface area contributed by atoms with E-state index in [4.69, 9.17) is 0 Å². The molecule has 0 bridgehead atoms. The Morgan fingerprint density at radius 2 is 2.27 bits per heavy atom. The molecule has 1 aliphatic rings. The van der Waals surface area contributed by atoms with Crippen molar-refractivity contribution in [2.24, 2.45) is 11.8 Å². The molecule has 0 saturated heterocycles. The minimum absolute atomic E-state index is 0.261. The maximum absolute atomic E-state index is 11.3. The van der Waals surface area contributed by atoms with Gasteiger partial charge in [0.05, 0.1) is 0 Å². The summed E-state index contributed by atoms with van der Waals surface area (Å²) >= 11 is 0. The Bertz CT molecular complexity index is 144. The summed E-state index contributed by atoms with van der Waals surface area (Å²) in [6.07, 6.45) is 3.40. The molecule has 64 valence electrons. The molecule has 0 aromatic rings. The molecule has 2 nitrogen and oxygen atoms in total. The number of hydrogen-bond acceptors (Lipinski definition) is 1.